The van der Waals surface area contributed by atoms with Gasteiger partial charge in [0.15, 0.2) is 0 Å². The molecule has 420 valence electrons. The number of unbranched alkanes of at least 4 members (excludes halogenated alkanes) is 50. The predicted octanol–water partition coefficient (Wildman–Crippen LogP) is 20.3. The number of rotatable bonds is 56. The van der Waals surface area contributed by atoms with E-state index in [1.54, 1.807) is 0 Å². The number of aliphatic hydroxyl groups excluding tert-OH is 2. The summed E-state index contributed by atoms with van der Waals surface area (Å²) in [4.78, 5) is 24.7. The fourth-order valence-electron chi connectivity index (χ4n) is 10.8. The summed E-state index contributed by atoms with van der Waals surface area (Å²) in [7, 11) is 0. The monoisotopic (exact) mass is 1000 g/mol. The molecular formula is C65H124O6. The normalized spacial score (nSPS) is 15.3. The van der Waals surface area contributed by atoms with Crippen LogP contribution in [0.15, 0.2) is 12.2 Å². The van der Waals surface area contributed by atoms with Crippen molar-refractivity contribution in [3.05, 3.63) is 12.2 Å². The van der Waals surface area contributed by atoms with E-state index in [4.69, 9.17) is 9.47 Å². The Morgan fingerprint density at radius 1 is 0.366 bits per heavy atom. The van der Waals surface area contributed by atoms with Crippen molar-refractivity contribution in [3.8, 4) is 0 Å². The van der Waals surface area contributed by atoms with Gasteiger partial charge in [-0.15, -0.1) is 0 Å². The topological polar surface area (TPSA) is 93.1 Å². The highest BCUT2D eigenvalue weighted by atomic mass is 16.6. The number of aliphatic hydroxyl groups is 2. The maximum atomic E-state index is 12.5. The molecule has 6 heteroatoms. The van der Waals surface area contributed by atoms with Crippen LogP contribution in [0, 0.1) is 11.3 Å². The van der Waals surface area contributed by atoms with Crippen molar-refractivity contribution in [1.82, 2.24) is 0 Å². The number of carbonyl (C=O) groups is 2. The lowest BCUT2D eigenvalue weighted by molar-refractivity contribution is -0.155. The van der Waals surface area contributed by atoms with Crippen molar-refractivity contribution >= 4 is 11.9 Å². The fraction of sp³-hybridized carbons (Fsp3) is 0.938. The summed E-state index contributed by atoms with van der Waals surface area (Å²) >= 11 is 0. The number of carbonyl (C=O) groups excluding carboxylic acids is 2. The van der Waals surface area contributed by atoms with Gasteiger partial charge in [-0.25, -0.2) is 0 Å². The molecule has 0 aromatic carbocycles. The van der Waals surface area contributed by atoms with Crippen LogP contribution in [-0.4, -0.2) is 48.6 Å². The van der Waals surface area contributed by atoms with Gasteiger partial charge in [0, 0.05) is 0 Å². The molecule has 0 aliphatic carbocycles. The van der Waals surface area contributed by atoms with E-state index in [2.05, 4.69) is 19.1 Å². The molecule has 1 aliphatic heterocycles. The summed E-state index contributed by atoms with van der Waals surface area (Å²) in [6.45, 7) is 1.21. The molecule has 1 unspecified atom stereocenters. The quantitative estimate of drug-likeness (QED) is 0.0358. The van der Waals surface area contributed by atoms with Crippen LogP contribution < -0.4 is 0 Å². The van der Waals surface area contributed by atoms with Crippen LogP contribution in [0.5, 0.6) is 0 Å². The second kappa shape index (κ2) is 54.8. The lowest BCUT2D eigenvalue weighted by Crippen LogP contribution is -2.40. The molecule has 0 aromatic heterocycles. The van der Waals surface area contributed by atoms with Gasteiger partial charge in [-0.2, -0.15) is 0 Å². The molecule has 1 aliphatic rings. The van der Waals surface area contributed by atoms with Gasteiger partial charge in [0.05, 0.1) is 31.0 Å². The molecule has 71 heavy (non-hydrogen) atoms. The number of hydrogen-bond acceptors (Lipinski definition) is 6. The summed E-state index contributed by atoms with van der Waals surface area (Å²) in [6, 6.07) is 0. The van der Waals surface area contributed by atoms with Crippen LogP contribution in [0.2, 0.25) is 0 Å². The molecule has 0 amide bonds. The molecule has 1 fully saturated rings. The third-order valence-electron chi connectivity index (χ3n) is 16.0. The fourth-order valence-corrected chi connectivity index (χ4v) is 10.8. The first kappa shape index (κ1) is 67.6. The number of esters is 2. The first-order valence-electron chi connectivity index (χ1n) is 32.3. The van der Waals surface area contributed by atoms with E-state index in [0.717, 1.165) is 19.3 Å². The Morgan fingerprint density at radius 2 is 0.606 bits per heavy atom. The molecule has 0 bridgehead atoms. The minimum atomic E-state index is -1.12. The van der Waals surface area contributed by atoms with Crippen molar-refractivity contribution in [1.29, 1.82) is 0 Å². The Kier molecular flexibility index (Phi) is 52.2. The Hall–Kier alpha value is -1.40. The maximum Gasteiger partial charge on any atom is 0.309 e. The Labute approximate surface area is 443 Å². The van der Waals surface area contributed by atoms with E-state index in [9.17, 15) is 19.8 Å². The van der Waals surface area contributed by atoms with Gasteiger partial charge in [-0.1, -0.05) is 327 Å². The first-order valence-corrected chi connectivity index (χ1v) is 32.3. The van der Waals surface area contributed by atoms with Crippen molar-refractivity contribution in [2.24, 2.45) is 11.3 Å². The van der Waals surface area contributed by atoms with Crippen molar-refractivity contribution in [2.75, 3.05) is 26.4 Å². The van der Waals surface area contributed by atoms with E-state index in [1.165, 1.54) is 315 Å². The van der Waals surface area contributed by atoms with Crippen LogP contribution in [0.4, 0.5) is 0 Å². The van der Waals surface area contributed by atoms with Crippen molar-refractivity contribution < 1.29 is 29.3 Å². The van der Waals surface area contributed by atoms with Crippen molar-refractivity contribution in [2.45, 2.75) is 354 Å². The van der Waals surface area contributed by atoms with E-state index >= 15 is 0 Å². The molecule has 0 radical (unpaired) electrons. The van der Waals surface area contributed by atoms with Gasteiger partial charge in [0.2, 0.25) is 0 Å². The molecule has 2 N–H and O–H groups in total. The molecule has 0 saturated carbocycles. The second-order valence-corrected chi connectivity index (χ2v) is 23.1. The summed E-state index contributed by atoms with van der Waals surface area (Å²) in [5.74, 6) is -1.40. The van der Waals surface area contributed by atoms with Gasteiger partial charge >= 0.3 is 11.9 Å². The summed E-state index contributed by atoms with van der Waals surface area (Å²) < 4.78 is 10.6. The lowest BCUT2D eigenvalue weighted by Gasteiger charge is -2.27. The smallest absolute Gasteiger partial charge is 0.309 e. The highest BCUT2D eigenvalue weighted by molar-refractivity contribution is 5.80. The van der Waals surface area contributed by atoms with Gasteiger partial charge in [0.25, 0.3) is 0 Å². The minimum Gasteiger partial charge on any atom is -0.465 e. The summed E-state index contributed by atoms with van der Waals surface area (Å²) in [5.41, 5.74) is -1.12. The minimum absolute atomic E-state index is 0.00468. The number of cyclic esters (lactones) is 2. The summed E-state index contributed by atoms with van der Waals surface area (Å²) in [5, 5.41) is 19.2. The third-order valence-corrected chi connectivity index (χ3v) is 16.0. The average molecular weight is 1000 g/mol. The number of allylic oxidation sites excluding steroid dienone is 2. The highest BCUT2D eigenvalue weighted by Crippen LogP contribution is 2.25. The zero-order chi connectivity index (χ0) is 51.1. The van der Waals surface area contributed by atoms with Crippen LogP contribution in [0.1, 0.15) is 354 Å². The molecule has 1 atom stereocenters. The second-order valence-electron chi connectivity index (χ2n) is 23.1. The maximum absolute atomic E-state index is 12.5. The standard InChI is InChI=1S/C65H124O6/c1-2-3-4-5-6-7-8-9-10-11-12-13-14-15-16-17-18-19-20-21-22-23-24-25-26-27-28-29-30-31-32-33-34-35-36-37-38-39-40-41-42-43-44-45-46-47-48-49-50-51-52-53-54-55-56-62-57-63(68)70-60-65(58-66,59-67)61-71-64(62)69/h25-26,62,66-67H,2-24,27-61H2,1H3/b26-25+. The third kappa shape index (κ3) is 46.8. The average Bonchev–Trinajstić information content (AvgIpc) is 3.44. The molecule has 1 saturated heterocycles. The van der Waals surface area contributed by atoms with Crippen LogP contribution in [0.3, 0.4) is 0 Å². The van der Waals surface area contributed by atoms with Crippen LogP contribution in [-0.2, 0) is 19.1 Å². The van der Waals surface area contributed by atoms with Crippen molar-refractivity contribution in [3.63, 3.8) is 0 Å². The van der Waals surface area contributed by atoms with Crippen LogP contribution >= 0.6 is 0 Å². The Balaban J connectivity index is 1.68. The molecule has 0 spiro atoms. The van der Waals surface area contributed by atoms with Crippen LogP contribution in [0.25, 0.3) is 0 Å². The highest BCUT2D eigenvalue weighted by Gasteiger charge is 2.36. The molecular weight excluding hydrogens is 877 g/mol. The molecule has 1 rings (SSSR count). The van der Waals surface area contributed by atoms with Gasteiger partial charge in [0.1, 0.15) is 13.2 Å². The largest absolute Gasteiger partial charge is 0.465 e. The summed E-state index contributed by atoms with van der Waals surface area (Å²) in [6.07, 6.45) is 78.7. The SMILES string of the molecule is CCCCCCCCCCCCCCCCCCCCCCCC/C=C/CCCCCCCCCCCCCCCCCCCCCCCCCCCCCCC1CC(=O)OCC(CO)(CO)COC1=O. The van der Waals surface area contributed by atoms with Gasteiger partial charge < -0.3 is 19.7 Å². The van der Waals surface area contributed by atoms with Gasteiger partial charge in [-0.05, 0) is 32.1 Å². The molecule has 1 heterocycles. The number of hydrogen-bond donors (Lipinski definition) is 2. The number of ether oxygens (including phenoxy) is 2. The van der Waals surface area contributed by atoms with Gasteiger partial charge in [-0.3, -0.25) is 9.59 Å². The predicted molar refractivity (Wildman–Crippen MR) is 306 cm³/mol. The zero-order valence-electron chi connectivity index (χ0n) is 47.8. The Bertz CT molecular complexity index is 1120. The first-order chi connectivity index (χ1) is 35.1. The Morgan fingerprint density at radius 3 is 0.873 bits per heavy atom. The van der Waals surface area contributed by atoms with E-state index in [-0.39, 0.29) is 19.6 Å². The molecule has 0 aromatic rings. The van der Waals surface area contributed by atoms with E-state index in [0.29, 0.717) is 6.42 Å². The lowest BCUT2D eigenvalue weighted by atomic mass is 9.92. The zero-order valence-corrected chi connectivity index (χ0v) is 47.8. The van der Waals surface area contributed by atoms with E-state index in [1.807, 2.05) is 0 Å². The molecule has 6 nitrogen and oxygen atoms in total. The van der Waals surface area contributed by atoms with E-state index < -0.39 is 36.5 Å².